The molecule has 7 nitrogen and oxygen atoms in total. The summed E-state index contributed by atoms with van der Waals surface area (Å²) in [6, 6.07) is 6.19. The number of fused-ring (bicyclic) bond motifs is 2. The number of rotatable bonds is 5. The molecule has 178 valence electrons. The first-order chi connectivity index (χ1) is 16.8. The molecule has 6 rings (SSSR count). The van der Waals surface area contributed by atoms with Crippen molar-refractivity contribution in [2.75, 3.05) is 0 Å². The van der Waals surface area contributed by atoms with Gasteiger partial charge in [0.05, 0.1) is 23.6 Å². The van der Waals surface area contributed by atoms with Crippen LogP contribution in [-0.4, -0.2) is 35.6 Å². The zero-order valence-electron chi connectivity index (χ0n) is 18.4. The average Bonchev–Trinajstić information content (AvgIpc) is 3.43. The van der Waals surface area contributed by atoms with E-state index in [9.17, 15) is 13.2 Å². The van der Waals surface area contributed by atoms with Gasteiger partial charge in [0, 0.05) is 31.1 Å². The first-order valence-corrected chi connectivity index (χ1v) is 11.3. The smallest absolute Gasteiger partial charge is 0.248 e. The van der Waals surface area contributed by atoms with E-state index in [4.69, 9.17) is 16.3 Å². The largest absolute Gasteiger partial charge is 0.453 e. The number of imidazole rings is 1. The predicted molar refractivity (Wildman–Crippen MR) is 124 cm³/mol. The van der Waals surface area contributed by atoms with E-state index in [1.165, 1.54) is 12.1 Å². The van der Waals surface area contributed by atoms with Gasteiger partial charge in [-0.25, -0.2) is 23.1 Å². The summed E-state index contributed by atoms with van der Waals surface area (Å²) >= 11 is 6.65. The van der Waals surface area contributed by atoms with Gasteiger partial charge in [-0.1, -0.05) is 11.6 Å². The number of nitrogens with zero attached hydrogens (tertiary/aromatic N) is 5. The lowest BCUT2D eigenvalue weighted by molar-refractivity contribution is -0.114. The van der Waals surface area contributed by atoms with Gasteiger partial charge in [0.15, 0.2) is 11.6 Å². The van der Waals surface area contributed by atoms with Crippen molar-refractivity contribution in [2.45, 2.75) is 32.2 Å². The van der Waals surface area contributed by atoms with Crippen molar-refractivity contribution in [3.05, 3.63) is 59.5 Å². The number of benzene rings is 2. The van der Waals surface area contributed by atoms with Crippen LogP contribution in [0.1, 0.15) is 18.7 Å². The highest BCUT2D eigenvalue weighted by molar-refractivity contribution is 6.36. The van der Waals surface area contributed by atoms with Crippen LogP contribution in [0, 0.1) is 18.7 Å². The van der Waals surface area contributed by atoms with E-state index in [2.05, 4.69) is 25.0 Å². The summed E-state index contributed by atoms with van der Waals surface area (Å²) in [6.45, 7) is 2.15. The number of aromatic nitrogens is 6. The number of hydrogen-bond acceptors (Lipinski definition) is 5. The fraction of sp³-hybridized carbons (Fsp3) is 0.250. The van der Waals surface area contributed by atoms with Gasteiger partial charge in [-0.05, 0) is 37.1 Å². The summed E-state index contributed by atoms with van der Waals surface area (Å²) in [6.07, 6.45) is 4.76. The molecular weight excluding hydrogens is 481 g/mol. The summed E-state index contributed by atoms with van der Waals surface area (Å²) in [5.41, 5.74) is 2.83. The maximum Gasteiger partial charge on any atom is 0.248 e. The average molecular weight is 499 g/mol. The number of hydrogen-bond donors (Lipinski definition) is 1. The number of ether oxygens (including phenoxy) is 1. The third-order valence-electron chi connectivity index (χ3n) is 6.06. The second-order valence-electron chi connectivity index (χ2n) is 8.78. The van der Waals surface area contributed by atoms with Crippen molar-refractivity contribution in [3.63, 3.8) is 0 Å². The van der Waals surface area contributed by atoms with Crippen molar-refractivity contribution in [3.8, 4) is 22.8 Å². The van der Waals surface area contributed by atoms with E-state index in [-0.39, 0.29) is 29.3 Å². The highest BCUT2D eigenvalue weighted by Gasteiger charge is 2.45. The van der Waals surface area contributed by atoms with Crippen LogP contribution < -0.4 is 4.74 Å². The molecule has 1 aliphatic carbocycles. The van der Waals surface area contributed by atoms with Gasteiger partial charge < -0.3 is 9.72 Å². The maximum atomic E-state index is 14.1. The third kappa shape index (κ3) is 3.97. The van der Waals surface area contributed by atoms with Crippen molar-refractivity contribution in [2.24, 2.45) is 5.92 Å². The normalized spacial score (nSPS) is 15.6. The summed E-state index contributed by atoms with van der Waals surface area (Å²) in [5.74, 6) is -1.85. The van der Waals surface area contributed by atoms with E-state index < -0.39 is 11.7 Å². The maximum absolute atomic E-state index is 14.1. The van der Waals surface area contributed by atoms with E-state index in [0.717, 1.165) is 0 Å². The molecule has 35 heavy (non-hydrogen) atoms. The van der Waals surface area contributed by atoms with Crippen LogP contribution in [0.4, 0.5) is 13.2 Å². The summed E-state index contributed by atoms with van der Waals surface area (Å²) < 4.78 is 48.0. The second kappa shape index (κ2) is 7.94. The predicted octanol–water partition coefficient (Wildman–Crippen LogP) is 6.31. The summed E-state index contributed by atoms with van der Waals surface area (Å²) in [4.78, 5) is 16.3. The highest BCUT2D eigenvalue weighted by atomic mass is 35.5. The SMILES string of the molecule is Cc1nc2c(F)ccc(Oc3ccc4ncc(-c5cnn(CC6CC(F)(F)C6)c5)nc4c3Cl)c2[nH]1. The van der Waals surface area contributed by atoms with Crippen molar-refractivity contribution in [1.29, 1.82) is 0 Å². The lowest BCUT2D eigenvalue weighted by atomic mass is 9.81. The first kappa shape index (κ1) is 21.8. The molecule has 3 heterocycles. The molecule has 0 saturated heterocycles. The molecule has 0 spiro atoms. The van der Waals surface area contributed by atoms with Crippen LogP contribution in [-0.2, 0) is 6.54 Å². The number of aryl methyl sites for hydroxylation is 1. The van der Waals surface area contributed by atoms with Gasteiger partial charge in [-0.15, -0.1) is 0 Å². The Morgan fingerprint density at radius 1 is 1.11 bits per heavy atom. The van der Waals surface area contributed by atoms with Gasteiger partial charge in [-0.3, -0.25) is 9.67 Å². The van der Waals surface area contributed by atoms with Crippen molar-refractivity contribution < 1.29 is 17.9 Å². The van der Waals surface area contributed by atoms with Crippen molar-refractivity contribution >= 4 is 33.7 Å². The Kier molecular flexibility index (Phi) is 4.96. The number of nitrogens with one attached hydrogen (secondary N) is 1. The molecule has 1 fully saturated rings. The van der Waals surface area contributed by atoms with Crippen molar-refractivity contribution in [1.82, 2.24) is 29.7 Å². The molecule has 1 N–H and O–H groups in total. The number of aromatic amines is 1. The van der Waals surface area contributed by atoms with E-state index in [0.29, 0.717) is 51.7 Å². The lowest BCUT2D eigenvalue weighted by Crippen LogP contribution is -2.37. The Labute approximate surface area is 201 Å². The molecule has 0 amide bonds. The van der Waals surface area contributed by atoms with Crippen LogP contribution >= 0.6 is 11.6 Å². The van der Waals surface area contributed by atoms with Gasteiger partial charge in [0.2, 0.25) is 5.92 Å². The molecule has 0 atom stereocenters. The number of H-pyrrole nitrogens is 1. The number of alkyl halides is 2. The van der Waals surface area contributed by atoms with Crippen LogP contribution in [0.15, 0.2) is 42.9 Å². The molecular formula is C24H18ClF3N6O. The minimum absolute atomic E-state index is 0.0915. The molecule has 1 saturated carbocycles. The molecule has 5 aromatic rings. The second-order valence-corrected chi connectivity index (χ2v) is 9.15. The quantitative estimate of drug-likeness (QED) is 0.307. The van der Waals surface area contributed by atoms with Crippen LogP contribution in [0.25, 0.3) is 33.3 Å². The van der Waals surface area contributed by atoms with Gasteiger partial charge in [0.1, 0.15) is 33.1 Å². The first-order valence-electron chi connectivity index (χ1n) is 10.9. The van der Waals surface area contributed by atoms with Gasteiger partial charge >= 0.3 is 0 Å². The van der Waals surface area contributed by atoms with Crippen LogP contribution in [0.2, 0.25) is 5.02 Å². The van der Waals surface area contributed by atoms with E-state index in [1.54, 1.807) is 42.3 Å². The Morgan fingerprint density at radius 2 is 1.91 bits per heavy atom. The Balaban J connectivity index is 1.30. The highest BCUT2D eigenvalue weighted by Crippen LogP contribution is 2.43. The lowest BCUT2D eigenvalue weighted by Gasteiger charge is -2.34. The van der Waals surface area contributed by atoms with Gasteiger partial charge in [-0.2, -0.15) is 5.10 Å². The molecule has 1 aliphatic rings. The third-order valence-corrected chi connectivity index (χ3v) is 6.43. The fourth-order valence-electron chi connectivity index (χ4n) is 4.38. The Hall–Kier alpha value is -3.66. The van der Waals surface area contributed by atoms with E-state index in [1.807, 2.05) is 0 Å². The minimum atomic E-state index is -2.56. The van der Waals surface area contributed by atoms with Gasteiger partial charge in [0.25, 0.3) is 0 Å². The fourth-order valence-corrected chi connectivity index (χ4v) is 4.62. The zero-order chi connectivity index (χ0) is 24.3. The Morgan fingerprint density at radius 3 is 2.71 bits per heavy atom. The monoisotopic (exact) mass is 498 g/mol. The van der Waals surface area contributed by atoms with E-state index >= 15 is 0 Å². The molecule has 0 bridgehead atoms. The Bertz CT molecular complexity index is 1590. The van der Waals surface area contributed by atoms with Crippen LogP contribution in [0.5, 0.6) is 11.5 Å². The molecule has 3 aromatic heterocycles. The molecule has 0 radical (unpaired) electrons. The summed E-state index contributed by atoms with van der Waals surface area (Å²) in [7, 11) is 0. The van der Waals surface area contributed by atoms with Crippen LogP contribution in [0.3, 0.4) is 0 Å². The topological polar surface area (TPSA) is 81.5 Å². The standard InChI is InChI=1S/C24H18ClF3N6O/c1-12-31-21-15(26)2-4-19(23(21)32-12)35-18-5-3-16-22(20(18)25)33-17(9-29-16)14-8-30-34(11-14)10-13-6-24(27,28)7-13/h2-5,8-9,11,13H,6-7,10H2,1H3,(H,31,32). The molecule has 0 unspecified atom stereocenters. The molecule has 0 aliphatic heterocycles. The minimum Gasteiger partial charge on any atom is -0.453 e. The molecule has 11 heteroatoms. The molecule has 2 aromatic carbocycles. The summed E-state index contributed by atoms with van der Waals surface area (Å²) in [5, 5.41) is 4.53. The number of halogens is 4. The zero-order valence-corrected chi connectivity index (χ0v) is 19.2.